The third kappa shape index (κ3) is 7.91. The Balaban J connectivity index is 1.50. The summed E-state index contributed by atoms with van der Waals surface area (Å²) in [4.78, 5) is 64.9. The molecule has 2 atom stereocenters. The number of aliphatic carboxylic acids is 1. The number of imide groups is 1. The topological polar surface area (TPSA) is 157 Å². The first-order valence-corrected chi connectivity index (χ1v) is 16.5. The molecule has 5 rings (SSSR count). The van der Waals surface area contributed by atoms with E-state index in [1.807, 2.05) is 0 Å². The maximum absolute atomic E-state index is 14.9. The summed E-state index contributed by atoms with van der Waals surface area (Å²) in [5.41, 5.74) is -4.37. The molecule has 2 fully saturated rings. The molecule has 1 heterocycles. The zero-order valence-electron chi connectivity index (χ0n) is 28.8. The minimum Gasteiger partial charge on any atom is -0.495 e. The third-order valence-corrected chi connectivity index (χ3v) is 9.20. The average Bonchev–Trinajstić information content (AvgIpc) is 3.88. The van der Waals surface area contributed by atoms with Crippen LogP contribution in [0.1, 0.15) is 48.4 Å². The average molecular weight is 764 g/mol. The van der Waals surface area contributed by atoms with Gasteiger partial charge in [-0.25, -0.2) is 14.5 Å². The predicted molar refractivity (Wildman–Crippen MR) is 180 cm³/mol. The molecule has 54 heavy (non-hydrogen) atoms. The van der Waals surface area contributed by atoms with Gasteiger partial charge in [0.2, 0.25) is 5.91 Å². The van der Waals surface area contributed by atoms with Crippen molar-refractivity contribution >= 4 is 41.2 Å². The highest BCUT2D eigenvalue weighted by atomic mass is 19.4. The molecule has 2 aliphatic rings. The van der Waals surface area contributed by atoms with Crippen molar-refractivity contribution < 1.29 is 60.2 Å². The molecule has 1 saturated carbocycles. The van der Waals surface area contributed by atoms with Crippen LogP contribution in [0.3, 0.4) is 0 Å². The van der Waals surface area contributed by atoms with Crippen LogP contribution in [0.5, 0.6) is 5.75 Å². The molecule has 0 radical (unpaired) electrons. The lowest BCUT2D eigenvalue weighted by atomic mass is 9.94. The second kappa shape index (κ2) is 15.3. The molecule has 1 aliphatic carbocycles. The molecular formula is C36H35F6N5O7. The van der Waals surface area contributed by atoms with Crippen LogP contribution in [-0.2, 0) is 20.9 Å². The fourth-order valence-electron chi connectivity index (χ4n) is 6.31. The number of para-hydroxylation sites is 1. The Hall–Kier alpha value is -5.81. The summed E-state index contributed by atoms with van der Waals surface area (Å²) in [7, 11) is 1.12. The Morgan fingerprint density at radius 3 is 2.09 bits per heavy atom. The van der Waals surface area contributed by atoms with E-state index in [2.05, 4.69) is 16.0 Å². The van der Waals surface area contributed by atoms with Crippen LogP contribution >= 0.6 is 0 Å². The Morgan fingerprint density at radius 2 is 1.52 bits per heavy atom. The summed E-state index contributed by atoms with van der Waals surface area (Å²) in [5.74, 6) is -6.04. The lowest BCUT2D eigenvalue weighted by Gasteiger charge is -2.37. The number of amides is 6. The smallest absolute Gasteiger partial charge is 0.430 e. The number of nitrogens with one attached hydrogen (secondary N) is 3. The quantitative estimate of drug-likeness (QED) is 0.111. The van der Waals surface area contributed by atoms with E-state index in [1.165, 1.54) is 24.3 Å². The number of halogens is 6. The molecule has 4 N–H and O–H groups in total. The first-order valence-electron chi connectivity index (χ1n) is 16.5. The number of hydrogen-bond acceptors (Lipinski definition) is 6. The number of nitrogens with zero attached hydrogens (tertiary/aromatic N) is 2. The molecule has 6 amide bonds. The summed E-state index contributed by atoms with van der Waals surface area (Å²) >= 11 is 0. The highest BCUT2D eigenvalue weighted by molar-refractivity contribution is 6.11. The largest absolute Gasteiger partial charge is 0.495 e. The predicted octanol–water partition coefficient (Wildman–Crippen LogP) is 6.78. The van der Waals surface area contributed by atoms with Crippen LogP contribution in [0.15, 0.2) is 72.8 Å². The van der Waals surface area contributed by atoms with Crippen molar-refractivity contribution in [2.45, 2.75) is 69.1 Å². The molecule has 3 aromatic carbocycles. The number of carboxylic acid groups (broad SMARTS) is 1. The van der Waals surface area contributed by atoms with E-state index in [-0.39, 0.29) is 27.5 Å². The van der Waals surface area contributed by atoms with Gasteiger partial charge in [-0.3, -0.25) is 19.3 Å². The number of urea groups is 2. The van der Waals surface area contributed by atoms with Gasteiger partial charge in [0.25, 0.3) is 5.91 Å². The Kier molecular flexibility index (Phi) is 11.1. The number of benzene rings is 3. The number of carbonyl (C=O) groups excluding carboxylic acids is 4. The first-order chi connectivity index (χ1) is 25.4. The van der Waals surface area contributed by atoms with Gasteiger partial charge < -0.3 is 25.8 Å². The van der Waals surface area contributed by atoms with Crippen molar-refractivity contribution in [3.05, 3.63) is 89.5 Å². The number of ether oxygens (including phenoxy) is 1. The molecule has 3 aromatic rings. The first kappa shape index (κ1) is 39.4. The maximum Gasteiger partial charge on any atom is 0.430 e. The van der Waals surface area contributed by atoms with E-state index in [1.54, 1.807) is 37.3 Å². The van der Waals surface area contributed by atoms with E-state index in [4.69, 9.17) is 4.74 Å². The highest BCUT2D eigenvalue weighted by Crippen LogP contribution is 2.53. The summed E-state index contributed by atoms with van der Waals surface area (Å²) in [6, 6.07) is 11.2. The summed E-state index contributed by atoms with van der Waals surface area (Å²) in [6.07, 6.45) is -13.2. The summed E-state index contributed by atoms with van der Waals surface area (Å²) < 4.78 is 94.8. The zero-order chi connectivity index (χ0) is 39.6. The minimum absolute atomic E-state index is 0.0359. The number of carboxylic acids is 1. The van der Waals surface area contributed by atoms with Gasteiger partial charge in [-0.1, -0.05) is 67.4 Å². The maximum atomic E-state index is 14.9. The van der Waals surface area contributed by atoms with E-state index >= 15 is 0 Å². The minimum atomic E-state index is -6.43. The van der Waals surface area contributed by atoms with Gasteiger partial charge in [0.15, 0.2) is 0 Å². The lowest BCUT2D eigenvalue weighted by molar-refractivity contribution is -0.315. The summed E-state index contributed by atoms with van der Waals surface area (Å²) in [5, 5.41) is 16.9. The second-order valence-electron chi connectivity index (χ2n) is 12.9. The Labute approximate surface area is 304 Å². The van der Waals surface area contributed by atoms with E-state index in [0.29, 0.717) is 18.5 Å². The fraction of sp³-hybridized carbons (Fsp3) is 0.361. The lowest BCUT2D eigenvalue weighted by Crippen LogP contribution is -2.69. The van der Waals surface area contributed by atoms with E-state index in [9.17, 15) is 55.4 Å². The number of carbonyl (C=O) groups is 5. The number of rotatable bonds is 13. The Morgan fingerprint density at radius 1 is 0.907 bits per heavy atom. The van der Waals surface area contributed by atoms with Crippen molar-refractivity contribution in [3.8, 4) is 5.75 Å². The zero-order valence-corrected chi connectivity index (χ0v) is 28.8. The van der Waals surface area contributed by atoms with E-state index < -0.39 is 90.0 Å². The fourth-order valence-corrected chi connectivity index (χ4v) is 6.31. The number of methoxy groups -OCH3 is 1. The number of hydrogen-bond donors (Lipinski definition) is 4. The standard InChI is InChI=1S/C36H35F6N5O7/c1-20-8-6-7-11-24(20)44-32(52)45-25-15-14-22(17-28(25)54-2)19-46-33(53)47(31(51)34(46,35(37,38)39)36(40,41)42)27(16-21-12-13-21)30(50)43-26(18-29(48)49)23-9-4-3-5-10-23/h3-11,14-15,17,21,26-27H,12-13,16,18-19H2,1-2H3,(H,43,50)(H,48,49)(H2,44,45,52)/t26?,27-/m0/s1. The molecule has 1 aliphatic heterocycles. The summed E-state index contributed by atoms with van der Waals surface area (Å²) in [6.45, 7) is 0.301. The van der Waals surface area contributed by atoms with Crippen LogP contribution in [0.2, 0.25) is 0 Å². The van der Waals surface area contributed by atoms with Gasteiger partial charge in [0, 0.05) is 12.2 Å². The molecule has 1 saturated heterocycles. The molecule has 18 heteroatoms. The molecular weight excluding hydrogens is 728 g/mol. The van der Waals surface area contributed by atoms with Crippen LogP contribution in [0.4, 0.5) is 47.3 Å². The van der Waals surface area contributed by atoms with Crippen LogP contribution in [-0.4, -0.2) is 75.8 Å². The SMILES string of the molecule is COc1cc(CN2C(=O)N([C@@H](CC3CC3)C(=O)NC(CC(=O)O)c3ccccc3)C(=O)C2(C(F)(F)F)C(F)(F)F)ccc1NC(=O)Nc1ccccc1C. The second-order valence-corrected chi connectivity index (χ2v) is 12.9. The normalized spacial score (nSPS) is 16.8. The number of anilines is 2. The van der Waals surface area contributed by atoms with E-state index in [0.717, 1.165) is 30.9 Å². The van der Waals surface area contributed by atoms with Gasteiger partial charge in [-0.2, -0.15) is 26.3 Å². The Bertz CT molecular complexity index is 1910. The van der Waals surface area contributed by atoms with Crippen LogP contribution in [0.25, 0.3) is 0 Å². The van der Waals surface area contributed by atoms with Crippen molar-refractivity contribution in [2.75, 3.05) is 17.7 Å². The van der Waals surface area contributed by atoms with Gasteiger partial charge >= 0.3 is 35.9 Å². The molecule has 0 spiro atoms. The molecule has 12 nitrogen and oxygen atoms in total. The van der Waals surface area contributed by atoms with Gasteiger partial charge in [0.05, 0.1) is 25.3 Å². The van der Waals surface area contributed by atoms with Crippen LogP contribution in [0, 0.1) is 12.8 Å². The number of alkyl halides is 6. The van der Waals surface area contributed by atoms with Gasteiger partial charge in [-0.05, 0) is 54.2 Å². The number of aryl methyl sites for hydroxylation is 1. The molecule has 0 bridgehead atoms. The van der Waals surface area contributed by atoms with Crippen molar-refractivity contribution in [2.24, 2.45) is 5.92 Å². The molecule has 0 aromatic heterocycles. The van der Waals surface area contributed by atoms with Crippen molar-refractivity contribution in [1.29, 1.82) is 0 Å². The highest BCUT2D eigenvalue weighted by Gasteiger charge is 2.84. The van der Waals surface area contributed by atoms with Gasteiger partial charge in [0.1, 0.15) is 11.8 Å². The monoisotopic (exact) mass is 763 g/mol. The molecule has 1 unspecified atom stereocenters. The van der Waals surface area contributed by atoms with Crippen LogP contribution < -0.4 is 20.7 Å². The van der Waals surface area contributed by atoms with Gasteiger partial charge in [-0.15, -0.1) is 0 Å². The van der Waals surface area contributed by atoms with Crippen molar-refractivity contribution in [1.82, 2.24) is 15.1 Å². The molecule has 288 valence electrons. The van der Waals surface area contributed by atoms with Crippen molar-refractivity contribution in [3.63, 3.8) is 0 Å². The third-order valence-electron chi connectivity index (χ3n) is 9.20.